The molecule has 2 aromatic rings. The molecule has 0 aliphatic heterocycles. The van der Waals surface area contributed by atoms with E-state index in [0.29, 0.717) is 22.9 Å². The van der Waals surface area contributed by atoms with E-state index in [1.165, 1.54) is 0 Å². The number of carbonyl (C=O) groups excluding carboxylic acids is 1. The quantitative estimate of drug-likeness (QED) is 0.649. The molecule has 2 rings (SSSR count). The molecule has 0 unspecified atom stereocenters. The molecule has 0 radical (unpaired) electrons. The number of para-hydroxylation sites is 1. The van der Waals surface area contributed by atoms with Gasteiger partial charge in [0.05, 0.1) is 18.4 Å². The van der Waals surface area contributed by atoms with Gasteiger partial charge in [-0.1, -0.05) is 42.8 Å². The van der Waals surface area contributed by atoms with Crippen molar-refractivity contribution in [3.05, 3.63) is 64.7 Å². The van der Waals surface area contributed by atoms with E-state index in [4.69, 9.17) is 16.3 Å². The summed E-state index contributed by atoms with van der Waals surface area (Å²) in [5, 5.41) is 4.60. The molecule has 0 aliphatic rings. The Kier molecular flexibility index (Phi) is 5.98. The lowest BCUT2D eigenvalue weighted by Crippen LogP contribution is -2.18. The first-order chi connectivity index (χ1) is 10.7. The number of hydrazone groups is 1. The molecule has 22 heavy (non-hydrogen) atoms. The molecule has 5 heteroatoms. The third-order valence-corrected chi connectivity index (χ3v) is 3.10. The number of nitrogens with zero attached hydrogens (tertiary/aromatic N) is 1. The predicted octanol–water partition coefficient (Wildman–Crippen LogP) is 3.89. The van der Waals surface area contributed by atoms with Gasteiger partial charge >= 0.3 is 0 Å². The minimum absolute atomic E-state index is 0.308. The maximum atomic E-state index is 12.1. The highest BCUT2D eigenvalue weighted by molar-refractivity contribution is 6.30. The lowest BCUT2D eigenvalue weighted by Gasteiger charge is -2.09. The van der Waals surface area contributed by atoms with Gasteiger partial charge in [-0.05, 0) is 36.2 Å². The van der Waals surface area contributed by atoms with Crippen molar-refractivity contribution < 1.29 is 9.53 Å². The van der Waals surface area contributed by atoms with Gasteiger partial charge in [-0.2, -0.15) is 5.10 Å². The van der Waals surface area contributed by atoms with Crippen molar-refractivity contribution >= 4 is 23.7 Å². The van der Waals surface area contributed by atoms with Gasteiger partial charge in [0.2, 0.25) is 0 Å². The van der Waals surface area contributed by atoms with Crippen LogP contribution in [0, 0.1) is 0 Å². The molecular weight excluding hydrogens is 300 g/mol. The number of amides is 1. The Hall–Kier alpha value is -2.33. The molecule has 0 spiro atoms. The molecule has 2 aromatic carbocycles. The molecule has 0 saturated carbocycles. The second-order valence-electron chi connectivity index (χ2n) is 4.60. The summed E-state index contributed by atoms with van der Waals surface area (Å²) in [5.74, 6) is 0.250. The first-order valence-electron chi connectivity index (χ1n) is 7.01. The average molecular weight is 317 g/mol. The summed E-state index contributed by atoms with van der Waals surface area (Å²) in [5.41, 5.74) is 3.81. The van der Waals surface area contributed by atoms with Gasteiger partial charge in [0.15, 0.2) is 0 Å². The van der Waals surface area contributed by atoms with Gasteiger partial charge in [-0.25, -0.2) is 5.43 Å². The molecule has 1 N–H and O–H groups in total. The SMILES string of the molecule is CCCOc1ccccc1C(=O)N/N=C/c1ccc(Cl)cc1. The Bertz CT molecular complexity index is 654. The molecule has 0 fully saturated rings. The van der Waals surface area contributed by atoms with Gasteiger partial charge in [0, 0.05) is 5.02 Å². The number of ether oxygens (including phenoxy) is 1. The highest BCUT2D eigenvalue weighted by Crippen LogP contribution is 2.18. The van der Waals surface area contributed by atoms with Crippen LogP contribution in [0.1, 0.15) is 29.3 Å². The molecule has 0 aromatic heterocycles. The van der Waals surface area contributed by atoms with Gasteiger partial charge in [0.1, 0.15) is 5.75 Å². The van der Waals surface area contributed by atoms with E-state index >= 15 is 0 Å². The van der Waals surface area contributed by atoms with Crippen LogP contribution in [-0.4, -0.2) is 18.7 Å². The molecular formula is C17H17ClN2O2. The first kappa shape index (κ1) is 16.0. The Balaban J connectivity index is 2.01. The van der Waals surface area contributed by atoms with Crippen molar-refractivity contribution in [2.24, 2.45) is 5.10 Å². The van der Waals surface area contributed by atoms with Crippen LogP contribution in [0.3, 0.4) is 0 Å². The molecule has 0 heterocycles. The Morgan fingerprint density at radius 2 is 1.95 bits per heavy atom. The largest absolute Gasteiger partial charge is 0.493 e. The van der Waals surface area contributed by atoms with E-state index in [2.05, 4.69) is 10.5 Å². The summed E-state index contributed by atoms with van der Waals surface area (Å²) < 4.78 is 5.56. The third kappa shape index (κ3) is 4.60. The van der Waals surface area contributed by atoms with Crippen LogP contribution >= 0.6 is 11.6 Å². The minimum Gasteiger partial charge on any atom is -0.493 e. The molecule has 0 saturated heterocycles. The monoisotopic (exact) mass is 316 g/mol. The maximum Gasteiger partial charge on any atom is 0.275 e. The Labute approximate surface area is 134 Å². The van der Waals surface area contributed by atoms with E-state index in [1.54, 1.807) is 36.5 Å². The molecule has 114 valence electrons. The van der Waals surface area contributed by atoms with Crippen molar-refractivity contribution in [3.8, 4) is 5.75 Å². The average Bonchev–Trinajstić information content (AvgIpc) is 2.55. The molecule has 0 bridgehead atoms. The fourth-order valence-corrected chi connectivity index (χ4v) is 1.89. The summed E-state index contributed by atoms with van der Waals surface area (Å²) in [6, 6.07) is 14.3. The molecule has 1 amide bonds. The summed E-state index contributed by atoms with van der Waals surface area (Å²) >= 11 is 5.81. The summed E-state index contributed by atoms with van der Waals surface area (Å²) in [6.45, 7) is 2.58. The highest BCUT2D eigenvalue weighted by Gasteiger charge is 2.10. The van der Waals surface area contributed by atoms with Gasteiger partial charge in [-0.15, -0.1) is 0 Å². The van der Waals surface area contributed by atoms with E-state index in [9.17, 15) is 4.79 Å². The van der Waals surface area contributed by atoms with Crippen LogP contribution in [0.15, 0.2) is 53.6 Å². The Morgan fingerprint density at radius 1 is 1.23 bits per heavy atom. The summed E-state index contributed by atoms with van der Waals surface area (Å²) in [4.78, 5) is 12.1. The number of rotatable bonds is 6. The minimum atomic E-state index is -0.308. The predicted molar refractivity (Wildman–Crippen MR) is 88.7 cm³/mol. The van der Waals surface area contributed by atoms with Gasteiger partial charge in [0.25, 0.3) is 5.91 Å². The Morgan fingerprint density at radius 3 is 2.68 bits per heavy atom. The topological polar surface area (TPSA) is 50.7 Å². The number of hydrogen-bond donors (Lipinski definition) is 1. The lowest BCUT2D eigenvalue weighted by atomic mass is 10.2. The van der Waals surface area contributed by atoms with Crippen LogP contribution in [0.5, 0.6) is 5.75 Å². The number of hydrogen-bond acceptors (Lipinski definition) is 3. The van der Waals surface area contributed by atoms with E-state index in [0.717, 1.165) is 12.0 Å². The van der Waals surface area contributed by atoms with Gasteiger partial charge < -0.3 is 4.74 Å². The summed E-state index contributed by atoms with van der Waals surface area (Å²) in [7, 11) is 0. The first-order valence-corrected chi connectivity index (χ1v) is 7.39. The van der Waals surface area contributed by atoms with E-state index in [1.807, 2.05) is 25.1 Å². The zero-order chi connectivity index (χ0) is 15.8. The number of benzene rings is 2. The molecule has 0 atom stereocenters. The molecule has 0 aliphatic carbocycles. The number of nitrogens with one attached hydrogen (secondary N) is 1. The number of halogens is 1. The summed E-state index contributed by atoms with van der Waals surface area (Å²) in [6.07, 6.45) is 2.44. The van der Waals surface area contributed by atoms with Crippen LogP contribution in [-0.2, 0) is 0 Å². The van der Waals surface area contributed by atoms with Crippen LogP contribution < -0.4 is 10.2 Å². The zero-order valence-corrected chi connectivity index (χ0v) is 13.0. The van der Waals surface area contributed by atoms with Crippen molar-refractivity contribution in [3.63, 3.8) is 0 Å². The van der Waals surface area contributed by atoms with Crippen LogP contribution in [0.2, 0.25) is 5.02 Å². The zero-order valence-electron chi connectivity index (χ0n) is 12.3. The van der Waals surface area contributed by atoms with E-state index < -0.39 is 0 Å². The fourth-order valence-electron chi connectivity index (χ4n) is 1.77. The standard InChI is InChI=1S/C17H17ClN2O2/c1-2-11-22-16-6-4-3-5-15(16)17(21)20-19-12-13-7-9-14(18)10-8-13/h3-10,12H,2,11H2,1H3,(H,20,21)/b19-12+. The third-order valence-electron chi connectivity index (χ3n) is 2.84. The lowest BCUT2D eigenvalue weighted by molar-refractivity contribution is 0.0951. The second-order valence-corrected chi connectivity index (χ2v) is 5.03. The second kappa shape index (κ2) is 8.20. The van der Waals surface area contributed by atoms with Gasteiger partial charge in [-0.3, -0.25) is 4.79 Å². The molecule has 4 nitrogen and oxygen atoms in total. The van der Waals surface area contributed by atoms with Crippen LogP contribution in [0.25, 0.3) is 0 Å². The maximum absolute atomic E-state index is 12.1. The van der Waals surface area contributed by atoms with Crippen molar-refractivity contribution in [1.29, 1.82) is 0 Å². The van der Waals surface area contributed by atoms with Crippen molar-refractivity contribution in [2.75, 3.05) is 6.61 Å². The highest BCUT2D eigenvalue weighted by atomic mass is 35.5. The smallest absolute Gasteiger partial charge is 0.275 e. The number of carbonyl (C=O) groups is 1. The fraction of sp³-hybridized carbons (Fsp3) is 0.176. The van der Waals surface area contributed by atoms with E-state index in [-0.39, 0.29) is 5.91 Å². The van der Waals surface area contributed by atoms with Crippen LogP contribution in [0.4, 0.5) is 0 Å². The van der Waals surface area contributed by atoms with Crippen molar-refractivity contribution in [2.45, 2.75) is 13.3 Å². The normalized spacial score (nSPS) is 10.6. The van der Waals surface area contributed by atoms with Crippen molar-refractivity contribution in [1.82, 2.24) is 5.43 Å².